The Bertz CT molecular complexity index is 180. The fourth-order valence-electron chi connectivity index (χ4n) is 0.871. The van der Waals surface area contributed by atoms with Crippen molar-refractivity contribution < 1.29 is 19.0 Å². The number of rotatable bonds is 7. The molecule has 0 saturated carbocycles. The van der Waals surface area contributed by atoms with Crippen molar-refractivity contribution in [2.75, 3.05) is 12.4 Å². The number of hydrogen-bond donors (Lipinski definition) is 2. The Morgan fingerprint density at radius 2 is 2.31 bits per heavy atom. The van der Waals surface area contributed by atoms with Crippen LogP contribution in [0.15, 0.2) is 0 Å². The van der Waals surface area contributed by atoms with Gasteiger partial charge in [0.05, 0.1) is 12.0 Å². The molecule has 0 heterocycles. The first-order valence-corrected chi connectivity index (χ1v) is 4.91. The van der Waals surface area contributed by atoms with Crippen molar-refractivity contribution in [3.63, 3.8) is 0 Å². The lowest BCUT2D eigenvalue weighted by molar-refractivity contribution is -0.143. The minimum Gasteiger partial charge on any atom is -0.481 e. The highest BCUT2D eigenvalue weighted by Crippen LogP contribution is 2.18. The zero-order chi connectivity index (χ0) is 10.3. The quantitative estimate of drug-likeness (QED) is 0.497. The normalized spacial score (nSPS) is 15.5. The fourth-order valence-corrected chi connectivity index (χ4v) is 1.56. The molecule has 0 aromatic carbocycles. The van der Waals surface area contributed by atoms with Gasteiger partial charge in [0.1, 0.15) is 0 Å². The van der Waals surface area contributed by atoms with Crippen LogP contribution in [0.4, 0.5) is 0 Å². The van der Waals surface area contributed by atoms with Gasteiger partial charge in [-0.25, -0.2) is 4.57 Å². The molecule has 3 N–H and O–H groups in total. The lowest BCUT2D eigenvalue weighted by atomic mass is 10.0. The van der Waals surface area contributed by atoms with Crippen LogP contribution in [-0.4, -0.2) is 29.6 Å². The van der Waals surface area contributed by atoms with Gasteiger partial charge in [0.2, 0.25) is 0 Å². The average molecular weight is 228 g/mol. The highest BCUT2D eigenvalue weighted by molar-refractivity contribution is 7.17. The second kappa shape index (κ2) is 7.21. The van der Waals surface area contributed by atoms with Crippen LogP contribution in [0.3, 0.4) is 0 Å². The van der Waals surface area contributed by atoms with E-state index < -0.39 is 26.7 Å². The minimum atomic E-state index is -1.07. The van der Waals surface area contributed by atoms with Crippen molar-refractivity contribution in [3.8, 4) is 0 Å². The van der Waals surface area contributed by atoms with Gasteiger partial charge in [-0.3, -0.25) is 9.32 Å². The molecule has 0 aliphatic carbocycles. The maximum absolute atomic E-state index is 10.6. The molecule has 0 aliphatic rings. The van der Waals surface area contributed by atoms with E-state index in [1.807, 2.05) is 0 Å². The molecule has 0 bridgehead atoms. The zero-order valence-corrected chi connectivity index (χ0v) is 8.50. The monoisotopic (exact) mass is 227 g/mol. The minimum absolute atomic E-state index is 0.0878. The summed E-state index contributed by atoms with van der Waals surface area (Å²) in [6.07, 6.45) is -0.377. The third-order valence-electron chi connectivity index (χ3n) is 1.56. The van der Waals surface area contributed by atoms with Gasteiger partial charge >= 0.3 is 14.7 Å². The molecule has 76 valence electrons. The van der Waals surface area contributed by atoms with Crippen molar-refractivity contribution in [2.24, 2.45) is 11.7 Å². The Morgan fingerprint density at radius 1 is 1.69 bits per heavy atom. The number of halogens is 1. The predicted molar refractivity (Wildman–Crippen MR) is 48.0 cm³/mol. The third kappa shape index (κ3) is 4.52. The number of carbonyl (C=O) groups is 1. The summed E-state index contributed by atoms with van der Waals surface area (Å²) in [6.45, 7) is 0.265. The molecular formula is C6H11ClNO4P. The molecule has 0 radical (unpaired) electrons. The molecule has 0 rings (SSSR count). The van der Waals surface area contributed by atoms with Gasteiger partial charge in [-0.15, -0.1) is 11.6 Å². The third-order valence-corrected chi connectivity index (χ3v) is 2.25. The molecular weight excluding hydrogens is 216 g/mol. The second-order valence-corrected chi connectivity index (χ2v) is 3.06. The Morgan fingerprint density at radius 3 is 2.62 bits per heavy atom. The molecule has 13 heavy (non-hydrogen) atoms. The fraction of sp³-hybridized carbons (Fsp3) is 0.833. The molecule has 0 aromatic rings. The first kappa shape index (κ1) is 12.8. The lowest BCUT2D eigenvalue weighted by Gasteiger charge is -2.17. The van der Waals surface area contributed by atoms with E-state index >= 15 is 0 Å². The van der Waals surface area contributed by atoms with E-state index in [4.69, 9.17) is 22.4 Å². The van der Waals surface area contributed by atoms with E-state index in [9.17, 15) is 9.36 Å². The molecule has 0 amide bonds. The summed E-state index contributed by atoms with van der Waals surface area (Å²) in [6, 6.07) is 0. The largest absolute Gasteiger partial charge is 0.481 e. The molecule has 7 heteroatoms. The number of nitrogens with two attached hydrogens (primary N) is 1. The summed E-state index contributed by atoms with van der Waals surface area (Å²) in [5, 5.41) is 8.69. The second-order valence-electron chi connectivity index (χ2n) is 2.39. The highest BCUT2D eigenvalue weighted by atomic mass is 35.5. The van der Waals surface area contributed by atoms with Crippen LogP contribution in [0.1, 0.15) is 6.42 Å². The molecule has 5 nitrogen and oxygen atoms in total. The summed E-state index contributed by atoms with van der Waals surface area (Å²) in [5.74, 6) is -2.03. The van der Waals surface area contributed by atoms with Gasteiger partial charge in [-0.2, -0.15) is 0 Å². The molecule has 0 aromatic heterocycles. The van der Waals surface area contributed by atoms with Crippen molar-refractivity contribution in [3.05, 3.63) is 0 Å². The van der Waals surface area contributed by atoms with Gasteiger partial charge in [0, 0.05) is 5.88 Å². The van der Waals surface area contributed by atoms with Gasteiger partial charge in [-0.05, 0) is 13.0 Å². The van der Waals surface area contributed by atoms with Crippen LogP contribution in [-0.2, 0) is 13.9 Å². The first-order chi connectivity index (χ1) is 6.17. The number of aliphatic carboxylic acids is 1. The Kier molecular flexibility index (Phi) is 7.09. The number of carboxylic acids is 1. The first-order valence-electron chi connectivity index (χ1n) is 3.64. The average Bonchev–Trinajstić information content (AvgIpc) is 2.05. The topological polar surface area (TPSA) is 89.6 Å². The van der Waals surface area contributed by atoms with Crippen LogP contribution < -0.4 is 5.73 Å². The van der Waals surface area contributed by atoms with Crippen LogP contribution in [0.5, 0.6) is 0 Å². The van der Waals surface area contributed by atoms with E-state index in [0.29, 0.717) is 6.42 Å². The van der Waals surface area contributed by atoms with E-state index in [1.54, 1.807) is 0 Å². The van der Waals surface area contributed by atoms with Gasteiger partial charge < -0.3 is 10.8 Å². The zero-order valence-electron chi connectivity index (χ0n) is 6.85. The Hall–Kier alpha value is -0.220. The van der Waals surface area contributed by atoms with E-state index in [-0.39, 0.29) is 12.4 Å². The molecule has 0 spiro atoms. The van der Waals surface area contributed by atoms with Gasteiger partial charge in [-0.1, -0.05) is 0 Å². The van der Waals surface area contributed by atoms with Crippen LogP contribution in [0, 0.1) is 5.92 Å². The molecule has 0 aliphatic heterocycles. The Balaban J connectivity index is 4.27. The summed E-state index contributed by atoms with van der Waals surface area (Å²) in [4.78, 5) is 10.6. The highest BCUT2D eigenvalue weighted by Gasteiger charge is 2.27. The van der Waals surface area contributed by atoms with Gasteiger partial charge in [0.15, 0.2) is 0 Å². The van der Waals surface area contributed by atoms with E-state index in [1.165, 1.54) is 0 Å². The van der Waals surface area contributed by atoms with E-state index in [2.05, 4.69) is 4.52 Å². The number of carboxylic acid groups (broad SMARTS) is 1. The molecule has 2 unspecified atom stereocenters. The van der Waals surface area contributed by atoms with Crippen LogP contribution >= 0.6 is 20.3 Å². The molecule has 2 atom stereocenters. The summed E-state index contributed by atoms with van der Waals surface area (Å²) in [7, 11) is -0.554. The van der Waals surface area contributed by atoms with Gasteiger partial charge in [0.25, 0.3) is 0 Å². The van der Waals surface area contributed by atoms with Crippen molar-refractivity contribution in [1.82, 2.24) is 0 Å². The Labute approximate surface area is 82.5 Å². The number of hydrogen-bond acceptors (Lipinski definition) is 4. The van der Waals surface area contributed by atoms with Crippen LogP contribution in [0.25, 0.3) is 0 Å². The molecule has 0 fully saturated rings. The summed E-state index contributed by atoms with van der Waals surface area (Å²) >= 11 is 5.42. The summed E-state index contributed by atoms with van der Waals surface area (Å²) in [5.41, 5.74) is 5.23. The number of alkyl halides is 1. The smallest absolute Gasteiger partial charge is 0.327 e. The van der Waals surface area contributed by atoms with Crippen molar-refractivity contribution in [1.29, 1.82) is 0 Å². The maximum Gasteiger partial charge on any atom is 0.327 e. The van der Waals surface area contributed by atoms with Crippen LogP contribution in [0.2, 0.25) is 0 Å². The SMILES string of the molecule is NCCC(OP=O)C(CCl)C(=O)O. The lowest BCUT2D eigenvalue weighted by Crippen LogP contribution is -2.32. The van der Waals surface area contributed by atoms with E-state index in [0.717, 1.165) is 0 Å². The maximum atomic E-state index is 10.6. The summed E-state index contributed by atoms with van der Waals surface area (Å²) < 4.78 is 14.8. The predicted octanol–water partition coefficient (Wildman–Crippen LogP) is 0.867. The standard InChI is InChI=1S/C6H11ClNO4P/c7-3-4(6(9)10)5(1-2-8)12-13-11/h4-5H,1-3,8H2,(H,9,10). The molecule has 0 saturated heterocycles. The van der Waals surface area contributed by atoms with Crippen molar-refractivity contribution >= 4 is 26.3 Å². The van der Waals surface area contributed by atoms with Crippen molar-refractivity contribution in [2.45, 2.75) is 12.5 Å².